The summed E-state index contributed by atoms with van der Waals surface area (Å²) in [5, 5.41) is 73.9. The molecule has 2 saturated heterocycles. The van der Waals surface area contributed by atoms with Crippen molar-refractivity contribution in [2.24, 2.45) is 22.7 Å². The Labute approximate surface area is 202 Å². The van der Waals surface area contributed by atoms with Crippen LogP contribution in [0.1, 0.15) is 64.4 Å². The number of aliphatic hydroxyl groups excluding tert-OH is 1. The van der Waals surface area contributed by atoms with Gasteiger partial charge in [-0.3, -0.25) is 0 Å². The van der Waals surface area contributed by atoms with Crippen LogP contribution in [-0.4, -0.2) is 87.6 Å². The van der Waals surface area contributed by atoms with Crippen LogP contribution in [0.3, 0.4) is 0 Å². The smallest absolute Gasteiger partial charge is 0.355 e. The molecule has 11 atom stereocenters. The van der Waals surface area contributed by atoms with Crippen molar-refractivity contribution in [1.82, 2.24) is 4.98 Å². The number of esters is 1. The Balaban J connectivity index is 1.69. The van der Waals surface area contributed by atoms with Crippen LogP contribution in [0, 0.1) is 22.7 Å². The molecule has 4 saturated carbocycles. The number of aromatic nitrogens is 1. The fraction of sp³-hybridized carbons (Fsp3) is 0.800. The van der Waals surface area contributed by atoms with Crippen LogP contribution in [-0.2, 0) is 9.47 Å². The standard InChI is InChI=1S/C25H35NO9/c1-12(2)22(31)17(34-16(28)14-7-6-10-26-14)23(32)18(4)11-21(30)19(22,5)25(23,33)24(35-21)15(27)13(3)8-9-20(18,24)29/h6-7,10,12-13,15,17,26-27,29-33H,8-9,11H2,1-5H3/t13-,15+,17-,18-,19+,20+,21+,22-,23+,24-,25-/m0/s1. The molecule has 0 radical (unpaired) electrons. The summed E-state index contributed by atoms with van der Waals surface area (Å²) in [7, 11) is 0. The molecule has 7 N–H and O–H groups in total. The van der Waals surface area contributed by atoms with Crippen molar-refractivity contribution in [3.05, 3.63) is 24.0 Å². The lowest BCUT2D eigenvalue weighted by Gasteiger charge is -2.60. The highest BCUT2D eigenvalue weighted by molar-refractivity contribution is 5.87. The summed E-state index contributed by atoms with van der Waals surface area (Å²) in [5.41, 5.74) is -15.2. The summed E-state index contributed by atoms with van der Waals surface area (Å²) in [5.74, 6) is -4.34. The molecule has 3 heterocycles. The highest BCUT2D eigenvalue weighted by Gasteiger charge is 3.10. The molecule has 1 aromatic heterocycles. The van der Waals surface area contributed by atoms with Crippen LogP contribution < -0.4 is 0 Å². The van der Waals surface area contributed by atoms with Crippen LogP contribution in [0.5, 0.6) is 0 Å². The molecule has 194 valence electrons. The van der Waals surface area contributed by atoms with Crippen LogP contribution in [0.2, 0.25) is 0 Å². The minimum atomic E-state index is -2.59. The predicted octanol–water partition coefficient (Wildman–Crippen LogP) is -0.188. The molecule has 6 bridgehead atoms. The van der Waals surface area contributed by atoms with Gasteiger partial charge in [0, 0.05) is 18.0 Å². The lowest BCUT2D eigenvalue weighted by molar-refractivity contribution is -0.390. The molecule has 6 aliphatic rings. The zero-order chi connectivity index (χ0) is 25.8. The highest BCUT2D eigenvalue weighted by Crippen LogP contribution is 2.90. The summed E-state index contributed by atoms with van der Waals surface area (Å²) >= 11 is 0. The average molecular weight is 494 g/mol. The SMILES string of the molecule is CC(C)[C@]1(O)[C@H](OC(=O)c2ccc[nH]2)[C@@]2(O)[C@@]3(C)C[C@@]4(O)O[C@]5([C@H](O)[C@@H](C)CC[C@@]35O)[C@]2(O)[C@]41C. The Hall–Kier alpha value is -1.53. The first-order valence-electron chi connectivity index (χ1n) is 12.4. The number of aromatic amines is 1. The van der Waals surface area contributed by atoms with E-state index in [-0.39, 0.29) is 18.5 Å². The zero-order valence-corrected chi connectivity index (χ0v) is 20.6. The van der Waals surface area contributed by atoms with Crippen LogP contribution >= 0.6 is 0 Å². The summed E-state index contributed by atoms with van der Waals surface area (Å²) in [4.78, 5) is 15.9. The monoisotopic (exact) mass is 493 g/mol. The Bertz CT molecular complexity index is 1130. The lowest BCUT2D eigenvalue weighted by Crippen LogP contribution is -2.75. The first-order valence-corrected chi connectivity index (χ1v) is 12.4. The first kappa shape index (κ1) is 23.8. The van der Waals surface area contributed by atoms with Gasteiger partial charge in [0.05, 0.1) is 11.5 Å². The fourth-order valence-corrected chi connectivity index (χ4v) is 9.56. The average Bonchev–Trinajstić information content (AvgIpc) is 3.41. The molecule has 10 nitrogen and oxygen atoms in total. The van der Waals surface area contributed by atoms with Gasteiger partial charge in [-0.15, -0.1) is 0 Å². The molecule has 1 spiro atoms. The van der Waals surface area contributed by atoms with Crippen LogP contribution in [0.25, 0.3) is 0 Å². The van der Waals surface area contributed by atoms with E-state index in [0.29, 0.717) is 6.42 Å². The maximum Gasteiger partial charge on any atom is 0.355 e. The number of nitrogens with one attached hydrogen (secondary N) is 1. The second-order valence-corrected chi connectivity index (χ2v) is 12.4. The molecule has 10 heteroatoms. The molecule has 0 aromatic carbocycles. The number of hydrogen-bond acceptors (Lipinski definition) is 9. The maximum atomic E-state index is 13.2. The van der Waals surface area contributed by atoms with Gasteiger partial charge in [-0.1, -0.05) is 27.7 Å². The number of H-pyrrole nitrogens is 1. The van der Waals surface area contributed by atoms with E-state index in [2.05, 4.69) is 4.98 Å². The number of carbonyl (C=O) groups excluding carboxylic acids is 1. The van der Waals surface area contributed by atoms with Gasteiger partial charge in [0.15, 0.2) is 17.5 Å². The van der Waals surface area contributed by atoms with Crippen molar-refractivity contribution >= 4 is 5.97 Å². The molecule has 0 amide bonds. The minimum absolute atomic E-state index is 0.0654. The van der Waals surface area contributed by atoms with Gasteiger partial charge in [-0.25, -0.2) is 4.79 Å². The number of hydrogen-bond donors (Lipinski definition) is 7. The summed E-state index contributed by atoms with van der Waals surface area (Å²) < 4.78 is 12.1. The number of rotatable bonds is 3. The van der Waals surface area contributed by atoms with Crippen LogP contribution in [0.4, 0.5) is 0 Å². The van der Waals surface area contributed by atoms with E-state index in [1.54, 1.807) is 26.8 Å². The van der Waals surface area contributed by atoms with E-state index < -0.39 is 74.6 Å². The van der Waals surface area contributed by atoms with Gasteiger partial charge in [-0.2, -0.15) is 0 Å². The Morgan fingerprint density at radius 3 is 2.43 bits per heavy atom. The quantitative estimate of drug-likeness (QED) is 0.282. The van der Waals surface area contributed by atoms with E-state index in [1.165, 1.54) is 26.1 Å². The number of aliphatic hydroxyl groups is 6. The molecule has 1 aromatic rings. The van der Waals surface area contributed by atoms with E-state index >= 15 is 0 Å². The van der Waals surface area contributed by atoms with Gasteiger partial charge >= 0.3 is 5.97 Å². The van der Waals surface area contributed by atoms with Crippen molar-refractivity contribution in [3.8, 4) is 0 Å². The maximum absolute atomic E-state index is 13.2. The normalized spacial score (nSPS) is 59.8. The molecular formula is C25H35NO9. The van der Waals surface area contributed by atoms with Crippen molar-refractivity contribution in [1.29, 1.82) is 0 Å². The Morgan fingerprint density at radius 2 is 1.86 bits per heavy atom. The molecule has 0 unspecified atom stereocenters. The van der Waals surface area contributed by atoms with Gasteiger partial charge in [0.25, 0.3) is 0 Å². The second kappa shape index (κ2) is 5.96. The van der Waals surface area contributed by atoms with Crippen molar-refractivity contribution in [2.45, 2.75) is 99.9 Å². The number of carbonyl (C=O) groups is 1. The number of ether oxygens (including phenoxy) is 2. The largest absolute Gasteiger partial charge is 0.451 e. The van der Waals surface area contributed by atoms with E-state index in [0.717, 1.165) is 0 Å². The predicted molar refractivity (Wildman–Crippen MR) is 119 cm³/mol. The molecule has 35 heavy (non-hydrogen) atoms. The van der Waals surface area contributed by atoms with Crippen molar-refractivity contribution in [3.63, 3.8) is 0 Å². The third-order valence-corrected chi connectivity index (χ3v) is 11.3. The third-order valence-electron chi connectivity index (χ3n) is 11.3. The molecule has 6 fully saturated rings. The topological polar surface area (TPSA) is 173 Å². The van der Waals surface area contributed by atoms with Crippen molar-refractivity contribution in [2.75, 3.05) is 0 Å². The molecule has 4 aliphatic carbocycles. The van der Waals surface area contributed by atoms with Crippen LogP contribution in [0.15, 0.2) is 18.3 Å². The second-order valence-electron chi connectivity index (χ2n) is 12.4. The van der Waals surface area contributed by atoms with Gasteiger partial charge in [0.2, 0.25) is 0 Å². The van der Waals surface area contributed by atoms with E-state index in [1.807, 2.05) is 0 Å². The van der Waals surface area contributed by atoms with E-state index in [4.69, 9.17) is 9.47 Å². The minimum Gasteiger partial charge on any atom is -0.451 e. The lowest BCUT2D eigenvalue weighted by atomic mass is 9.52. The van der Waals surface area contributed by atoms with Gasteiger partial charge in [0.1, 0.15) is 28.1 Å². The fourth-order valence-electron chi connectivity index (χ4n) is 9.56. The summed E-state index contributed by atoms with van der Waals surface area (Å²) in [6, 6.07) is 3.06. The third kappa shape index (κ3) is 1.74. The molecule has 2 aliphatic heterocycles. The zero-order valence-electron chi connectivity index (χ0n) is 20.6. The van der Waals surface area contributed by atoms with Gasteiger partial charge < -0.3 is 45.1 Å². The Morgan fingerprint density at radius 1 is 1.20 bits per heavy atom. The first-order chi connectivity index (χ1) is 16.0. The van der Waals surface area contributed by atoms with Crippen molar-refractivity contribution < 1.29 is 44.9 Å². The van der Waals surface area contributed by atoms with E-state index in [9.17, 15) is 35.4 Å². The summed E-state index contributed by atoms with van der Waals surface area (Å²) in [6.45, 7) is 7.91. The Kier molecular flexibility index (Phi) is 4.06. The summed E-state index contributed by atoms with van der Waals surface area (Å²) in [6.07, 6.45) is -1.63. The molecule has 7 rings (SSSR count). The van der Waals surface area contributed by atoms with Gasteiger partial charge in [-0.05, 0) is 43.7 Å². The molecular weight excluding hydrogens is 458 g/mol. The highest BCUT2D eigenvalue weighted by atomic mass is 16.7.